The normalized spacial score (nSPS) is 12.3. The fourth-order valence-corrected chi connectivity index (χ4v) is 2.51. The molecule has 0 bridgehead atoms. The van der Waals surface area contributed by atoms with Gasteiger partial charge in [0.2, 0.25) is 5.91 Å². The van der Waals surface area contributed by atoms with Crippen molar-refractivity contribution in [2.45, 2.75) is 31.3 Å². The standard InChI is InChI=1S/C13H20N2O2S/c1-8(2)18-9(3)13(16)15-11-6-5-10(14)7-12(11)17-4/h5-9H,14H2,1-4H3,(H,15,16). The summed E-state index contributed by atoms with van der Waals surface area (Å²) in [6, 6.07) is 5.17. The van der Waals surface area contributed by atoms with Gasteiger partial charge < -0.3 is 15.8 Å². The fourth-order valence-electron chi connectivity index (χ4n) is 1.52. The lowest BCUT2D eigenvalue weighted by Gasteiger charge is -2.15. The van der Waals surface area contributed by atoms with Gasteiger partial charge in [-0.05, 0) is 24.3 Å². The van der Waals surface area contributed by atoms with E-state index < -0.39 is 0 Å². The van der Waals surface area contributed by atoms with Crippen LogP contribution in [-0.4, -0.2) is 23.5 Å². The fraction of sp³-hybridized carbons (Fsp3) is 0.462. The minimum atomic E-state index is -0.104. The Hall–Kier alpha value is -1.36. The maximum Gasteiger partial charge on any atom is 0.237 e. The van der Waals surface area contributed by atoms with E-state index >= 15 is 0 Å². The van der Waals surface area contributed by atoms with Crippen LogP contribution in [0.3, 0.4) is 0 Å². The maximum atomic E-state index is 12.0. The van der Waals surface area contributed by atoms with Crippen LogP contribution >= 0.6 is 11.8 Å². The van der Waals surface area contributed by atoms with E-state index in [4.69, 9.17) is 10.5 Å². The van der Waals surface area contributed by atoms with E-state index in [1.54, 1.807) is 37.1 Å². The summed E-state index contributed by atoms with van der Waals surface area (Å²) in [5, 5.41) is 3.16. The van der Waals surface area contributed by atoms with Crippen molar-refractivity contribution in [3.8, 4) is 5.75 Å². The predicted molar refractivity (Wildman–Crippen MR) is 78.2 cm³/mol. The first-order valence-corrected chi connectivity index (χ1v) is 6.78. The molecule has 0 fully saturated rings. The summed E-state index contributed by atoms with van der Waals surface area (Å²) in [6.07, 6.45) is 0. The molecule has 1 aromatic carbocycles. The van der Waals surface area contributed by atoms with Crippen molar-refractivity contribution in [1.29, 1.82) is 0 Å². The summed E-state index contributed by atoms with van der Waals surface area (Å²) in [5.74, 6) is 0.543. The molecule has 0 spiro atoms. The van der Waals surface area contributed by atoms with Gasteiger partial charge in [0.1, 0.15) is 5.75 Å². The lowest BCUT2D eigenvalue weighted by Crippen LogP contribution is -2.24. The molecular weight excluding hydrogens is 248 g/mol. The van der Waals surface area contributed by atoms with Gasteiger partial charge in [-0.15, -0.1) is 11.8 Å². The van der Waals surface area contributed by atoms with Gasteiger partial charge in [-0.1, -0.05) is 13.8 Å². The minimum absolute atomic E-state index is 0.0308. The van der Waals surface area contributed by atoms with Crippen molar-refractivity contribution in [2.24, 2.45) is 0 Å². The predicted octanol–water partition coefficient (Wildman–Crippen LogP) is 2.75. The average Bonchev–Trinajstić information content (AvgIpc) is 2.30. The molecule has 4 nitrogen and oxygen atoms in total. The number of nitrogens with one attached hydrogen (secondary N) is 1. The van der Waals surface area contributed by atoms with E-state index in [1.807, 2.05) is 6.92 Å². The van der Waals surface area contributed by atoms with E-state index in [0.717, 1.165) is 0 Å². The van der Waals surface area contributed by atoms with Crippen molar-refractivity contribution >= 4 is 29.0 Å². The van der Waals surface area contributed by atoms with Crippen LogP contribution in [0.25, 0.3) is 0 Å². The van der Waals surface area contributed by atoms with Crippen LogP contribution in [0.5, 0.6) is 5.75 Å². The molecule has 5 heteroatoms. The van der Waals surface area contributed by atoms with Gasteiger partial charge in [0, 0.05) is 11.8 Å². The van der Waals surface area contributed by atoms with Gasteiger partial charge in [-0.3, -0.25) is 4.79 Å². The van der Waals surface area contributed by atoms with Crippen molar-refractivity contribution < 1.29 is 9.53 Å². The van der Waals surface area contributed by atoms with Crippen LogP contribution in [-0.2, 0) is 4.79 Å². The van der Waals surface area contributed by atoms with Crippen molar-refractivity contribution in [2.75, 3.05) is 18.2 Å². The lowest BCUT2D eigenvalue weighted by atomic mass is 10.2. The Morgan fingerprint density at radius 2 is 2.06 bits per heavy atom. The Bertz CT molecular complexity index is 421. The highest BCUT2D eigenvalue weighted by Crippen LogP contribution is 2.27. The van der Waals surface area contributed by atoms with Crippen molar-refractivity contribution in [3.05, 3.63) is 18.2 Å². The number of carbonyl (C=O) groups excluding carboxylic acids is 1. The molecule has 0 radical (unpaired) electrons. The number of nitrogen functional groups attached to an aromatic ring is 1. The number of nitrogens with two attached hydrogens (primary N) is 1. The first-order chi connectivity index (χ1) is 8.43. The number of carbonyl (C=O) groups is 1. The number of ether oxygens (including phenoxy) is 1. The third kappa shape index (κ3) is 4.14. The summed E-state index contributed by atoms with van der Waals surface area (Å²) < 4.78 is 5.19. The van der Waals surface area contributed by atoms with E-state index in [2.05, 4.69) is 19.2 Å². The summed E-state index contributed by atoms with van der Waals surface area (Å²) in [4.78, 5) is 12.0. The number of rotatable bonds is 5. The summed E-state index contributed by atoms with van der Waals surface area (Å²) in [7, 11) is 1.55. The second kappa shape index (κ2) is 6.54. The van der Waals surface area contributed by atoms with Gasteiger partial charge in [0.05, 0.1) is 18.0 Å². The lowest BCUT2D eigenvalue weighted by molar-refractivity contribution is -0.115. The number of hydrogen-bond acceptors (Lipinski definition) is 4. The Morgan fingerprint density at radius 1 is 1.39 bits per heavy atom. The minimum Gasteiger partial charge on any atom is -0.494 e. The molecule has 1 aromatic rings. The molecule has 1 atom stereocenters. The molecule has 100 valence electrons. The third-order valence-electron chi connectivity index (χ3n) is 2.33. The summed E-state index contributed by atoms with van der Waals surface area (Å²) in [6.45, 7) is 6.03. The molecule has 1 amide bonds. The molecule has 0 saturated carbocycles. The van der Waals surface area contributed by atoms with Crippen LogP contribution in [0, 0.1) is 0 Å². The molecule has 0 aliphatic heterocycles. The first-order valence-electron chi connectivity index (χ1n) is 5.84. The first kappa shape index (κ1) is 14.7. The van der Waals surface area contributed by atoms with Gasteiger partial charge in [-0.2, -0.15) is 0 Å². The highest BCUT2D eigenvalue weighted by atomic mass is 32.2. The highest BCUT2D eigenvalue weighted by molar-refractivity contribution is 8.01. The zero-order chi connectivity index (χ0) is 13.7. The second-order valence-electron chi connectivity index (χ2n) is 4.28. The molecule has 1 rings (SSSR count). The number of thioether (sulfide) groups is 1. The summed E-state index contributed by atoms with van der Waals surface area (Å²) in [5.41, 5.74) is 6.91. The molecule has 3 N–H and O–H groups in total. The van der Waals surface area contributed by atoms with Gasteiger partial charge >= 0.3 is 0 Å². The van der Waals surface area contributed by atoms with Crippen LogP contribution in [0.1, 0.15) is 20.8 Å². The van der Waals surface area contributed by atoms with E-state index in [9.17, 15) is 4.79 Å². The second-order valence-corrected chi connectivity index (χ2v) is 6.20. The van der Waals surface area contributed by atoms with Gasteiger partial charge in [0.15, 0.2) is 0 Å². The van der Waals surface area contributed by atoms with Crippen LogP contribution in [0.2, 0.25) is 0 Å². The largest absolute Gasteiger partial charge is 0.494 e. The number of methoxy groups -OCH3 is 1. The SMILES string of the molecule is COc1cc(N)ccc1NC(=O)C(C)SC(C)C. The molecular formula is C13H20N2O2S. The maximum absolute atomic E-state index is 12.0. The molecule has 0 aliphatic carbocycles. The van der Waals surface area contributed by atoms with Crippen molar-refractivity contribution in [1.82, 2.24) is 0 Å². The van der Waals surface area contributed by atoms with E-state index in [1.165, 1.54) is 0 Å². The average molecular weight is 268 g/mol. The van der Waals surface area contributed by atoms with E-state index in [0.29, 0.717) is 22.4 Å². The van der Waals surface area contributed by atoms with Crippen LogP contribution in [0.15, 0.2) is 18.2 Å². The molecule has 18 heavy (non-hydrogen) atoms. The topological polar surface area (TPSA) is 64.3 Å². The number of anilines is 2. The van der Waals surface area contributed by atoms with E-state index in [-0.39, 0.29) is 11.2 Å². The Balaban J connectivity index is 2.75. The van der Waals surface area contributed by atoms with Gasteiger partial charge in [-0.25, -0.2) is 0 Å². The van der Waals surface area contributed by atoms with Crippen LogP contribution < -0.4 is 15.8 Å². The van der Waals surface area contributed by atoms with Crippen molar-refractivity contribution in [3.63, 3.8) is 0 Å². The quantitative estimate of drug-likeness (QED) is 0.806. The zero-order valence-electron chi connectivity index (χ0n) is 11.2. The Labute approximate surface area is 112 Å². The molecule has 1 unspecified atom stereocenters. The zero-order valence-corrected chi connectivity index (χ0v) is 12.0. The molecule has 0 aromatic heterocycles. The molecule has 0 heterocycles. The Kier molecular flexibility index (Phi) is 5.34. The summed E-state index contributed by atoms with van der Waals surface area (Å²) >= 11 is 1.62. The smallest absolute Gasteiger partial charge is 0.237 e. The van der Waals surface area contributed by atoms with Crippen LogP contribution in [0.4, 0.5) is 11.4 Å². The number of benzene rings is 1. The third-order valence-corrected chi connectivity index (χ3v) is 3.50. The highest BCUT2D eigenvalue weighted by Gasteiger charge is 2.16. The number of hydrogen-bond donors (Lipinski definition) is 2. The van der Waals surface area contributed by atoms with Gasteiger partial charge in [0.25, 0.3) is 0 Å². The molecule has 0 aliphatic rings. The number of amides is 1. The Morgan fingerprint density at radius 3 is 2.61 bits per heavy atom. The molecule has 0 saturated heterocycles. The monoisotopic (exact) mass is 268 g/mol.